The zero-order valence-electron chi connectivity index (χ0n) is 13.5. The lowest BCUT2D eigenvalue weighted by Crippen LogP contribution is -2.36. The molecule has 0 aliphatic carbocycles. The van der Waals surface area contributed by atoms with Crippen molar-refractivity contribution < 1.29 is 9.53 Å². The summed E-state index contributed by atoms with van der Waals surface area (Å²) >= 11 is 0. The van der Waals surface area contributed by atoms with Crippen LogP contribution in [-0.4, -0.2) is 18.6 Å². The van der Waals surface area contributed by atoms with E-state index in [1.165, 1.54) is 0 Å². The summed E-state index contributed by atoms with van der Waals surface area (Å²) in [7, 11) is 0. The Balaban J connectivity index is 0.00000208. The molecule has 1 amide bonds. The van der Waals surface area contributed by atoms with Gasteiger partial charge in [-0.3, -0.25) is 4.79 Å². The molecule has 1 aliphatic rings. The van der Waals surface area contributed by atoms with Crippen molar-refractivity contribution in [2.24, 2.45) is 5.73 Å². The Hall–Kier alpha value is -1.88. The number of amides is 1. The molecule has 3 N–H and O–H groups in total. The van der Waals surface area contributed by atoms with E-state index in [1.807, 2.05) is 54.6 Å². The number of nitrogens with two attached hydrogens (primary N) is 1. The van der Waals surface area contributed by atoms with Gasteiger partial charge in [-0.1, -0.05) is 42.5 Å². The fourth-order valence-corrected chi connectivity index (χ4v) is 2.93. The maximum atomic E-state index is 12.6. The van der Waals surface area contributed by atoms with Crippen LogP contribution in [0.1, 0.15) is 40.4 Å². The number of carbonyl (C=O) groups is 1. The summed E-state index contributed by atoms with van der Waals surface area (Å²) in [6.45, 7) is 1.24. The van der Waals surface area contributed by atoms with Crippen LogP contribution in [0.3, 0.4) is 0 Å². The standard InChI is InChI=1S/C19H22N2O2.ClH/c20-13-14-8-10-16(11-9-14)19(22)21-18(17-7-4-12-23-17)15-5-2-1-3-6-15;/h1-3,5-6,8-11,17-18H,4,7,12-13,20H2,(H,21,22);1H. The van der Waals surface area contributed by atoms with Crippen molar-refractivity contribution >= 4 is 18.3 Å². The number of carbonyl (C=O) groups excluding carboxylic acids is 1. The number of benzene rings is 2. The molecule has 0 saturated carbocycles. The minimum atomic E-state index is -0.125. The van der Waals surface area contributed by atoms with Crippen molar-refractivity contribution in [3.8, 4) is 0 Å². The average molecular weight is 347 g/mol. The summed E-state index contributed by atoms with van der Waals surface area (Å²) in [5.41, 5.74) is 8.33. The lowest BCUT2D eigenvalue weighted by atomic mass is 9.98. The Morgan fingerprint density at radius 3 is 2.46 bits per heavy atom. The zero-order valence-corrected chi connectivity index (χ0v) is 14.3. The molecule has 0 bridgehead atoms. The lowest BCUT2D eigenvalue weighted by Gasteiger charge is -2.25. The van der Waals surface area contributed by atoms with Gasteiger partial charge >= 0.3 is 0 Å². The Morgan fingerprint density at radius 1 is 1.17 bits per heavy atom. The summed E-state index contributed by atoms with van der Waals surface area (Å²) in [6.07, 6.45) is 2.03. The van der Waals surface area contributed by atoms with Gasteiger partial charge in [0.05, 0.1) is 12.1 Å². The Kier molecular flexibility index (Phi) is 6.79. The van der Waals surface area contributed by atoms with Gasteiger partial charge in [0, 0.05) is 18.7 Å². The monoisotopic (exact) mass is 346 g/mol. The van der Waals surface area contributed by atoms with Gasteiger partial charge in [-0.05, 0) is 36.1 Å². The van der Waals surface area contributed by atoms with Crippen molar-refractivity contribution in [2.75, 3.05) is 6.61 Å². The molecule has 2 unspecified atom stereocenters. The van der Waals surface area contributed by atoms with Gasteiger partial charge in [0.2, 0.25) is 0 Å². The van der Waals surface area contributed by atoms with Gasteiger partial charge in [0.15, 0.2) is 0 Å². The number of hydrogen-bond donors (Lipinski definition) is 2. The fraction of sp³-hybridized carbons (Fsp3) is 0.316. The maximum absolute atomic E-state index is 12.6. The molecule has 1 heterocycles. The van der Waals surface area contributed by atoms with Gasteiger partial charge in [-0.25, -0.2) is 0 Å². The summed E-state index contributed by atoms with van der Waals surface area (Å²) in [4.78, 5) is 12.6. The van der Waals surface area contributed by atoms with Crippen LogP contribution in [0, 0.1) is 0 Å². The first-order chi connectivity index (χ1) is 11.3. The molecule has 5 heteroatoms. The Labute approximate surface area is 148 Å². The number of halogens is 1. The first-order valence-corrected chi connectivity index (χ1v) is 8.04. The largest absolute Gasteiger partial charge is 0.376 e. The van der Waals surface area contributed by atoms with Crippen LogP contribution in [0.25, 0.3) is 0 Å². The van der Waals surface area contributed by atoms with Gasteiger partial charge in [0.1, 0.15) is 0 Å². The number of ether oxygens (including phenoxy) is 1. The molecule has 2 aromatic carbocycles. The second kappa shape index (κ2) is 8.83. The topological polar surface area (TPSA) is 64.4 Å². The molecule has 2 atom stereocenters. The van der Waals surface area contributed by atoms with Gasteiger partial charge in [0.25, 0.3) is 5.91 Å². The highest BCUT2D eigenvalue weighted by atomic mass is 35.5. The second-order valence-corrected chi connectivity index (χ2v) is 5.81. The fourth-order valence-electron chi connectivity index (χ4n) is 2.93. The maximum Gasteiger partial charge on any atom is 0.251 e. The third kappa shape index (κ3) is 4.35. The van der Waals surface area contributed by atoms with Crippen LogP contribution in [-0.2, 0) is 11.3 Å². The van der Waals surface area contributed by atoms with E-state index in [0.717, 1.165) is 30.6 Å². The molecule has 0 aromatic heterocycles. The van der Waals surface area contributed by atoms with E-state index in [4.69, 9.17) is 10.5 Å². The molecule has 2 aromatic rings. The van der Waals surface area contributed by atoms with E-state index in [-0.39, 0.29) is 30.5 Å². The van der Waals surface area contributed by atoms with Crippen molar-refractivity contribution in [1.82, 2.24) is 5.32 Å². The summed E-state index contributed by atoms with van der Waals surface area (Å²) in [5.74, 6) is -0.0853. The highest BCUT2D eigenvalue weighted by molar-refractivity contribution is 5.94. The quantitative estimate of drug-likeness (QED) is 0.873. The molecule has 1 saturated heterocycles. The van der Waals surface area contributed by atoms with Gasteiger partial charge in [-0.15, -0.1) is 12.4 Å². The summed E-state index contributed by atoms with van der Waals surface area (Å²) in [6, 6.07) is 17.3. The molecule has 3 rings (SSSR count). The minimum Gasteiger partial charge on any atom is -0.376 e. The molecule has 128 valence electrons. The van der Waals surface area contributed by atoms with Crippen molar-refractivity contribution in [1.29, 1.82) is 0 Å². The molecule has 24 heavy (non-hydrogen) atoms. The van der Waals surface area contributed by atoms with Crippen LogP contribution >= 0.6 is 12.4 Å². The van der Waals surface area contributed by atoms with E-state index in [2.05, 4.69) is 5.32 Å². The number of nitrogens with one attached hydrogen (secondary N) is 1. The van der Waals surface area contributed by atoms with Crippen LogP contribution in [0.4, 0.5) is 0 Å². The first-order valence-electron chi connectivity index (χ1n) is 8.04. The predicted molar refractivity (Wildman–Crippen MR) is 97.2 cm³/mol. The van der Waals surface area contributed by atoms with Crippen LogP contribution < -0.4 is 11.1 Å². The normalized spacial score (nSPS) is 17.8. The Bertz CT molecular complexity index is 640. The third-order valence-electron chi connectivity index (χ3n) is 4.23. The second-order valence-electron chi connectivity index (χ2n) is 5.81. The predicted octanol–water partition coefficient (Wildman–Crippen LogP) is 3.22. The van der Waals surface area contributed by atoms with Gasteiger partial charge < -0.3 is 15.8 Å². The summed E-state index contributed by atoms with van der Waals surface area (Å²) in [5, 5.41) is 3.13. The van der Waals surface area contributed by atoms with Crippen molar-refractivity contribution in [3.05, 3.63) is 71.3 Å². The first kappa shape index (κ1) is 18.5. The molecule has 1 aliphatic heterocycles. The van der Waals surface area contributed by atoms with E-state index in [9.17, 15) is 4.79 Å². The van der Waals surface area contributed by atoms with E-state index in [1.54, 1.807) is 0 Å². The highest BCUT2D eigenvalue weighted by Gasteiger charge is 2.28. The summed E-state index contributed by atoms with van der Waals surface area (Å²) < 4.78 is 5.81. The minimum absolute atomic E-state index is 0. The SMILES string of the molecule is Cl.NCc1ccc(C(=O)NC(c2ccccc2)C2CCCO2)cc1. The van der Waals surface area contributed by atoms with E-state index >= 15 is 0 Å². The third-order valence-corrected chi connectivity index (χ3v) is 4.23. The molecule has 0 radical (unpaired) electrons. The molecular formula is C19H23ClN2O2. The van der Waals surface area contributed by atoms with Crippen LogP contribution in [0.2, 0.25) is 0 Å². The zero-order chi connectivity index (χ0) is 16.1. The smallest absolute Gasteiger partial charge is 0.251 e. The van der Waals surface area contributed by atoms with E-state index < -0.39 is 0 Å². The van der Waals surface area contributed by atoms with Crippen molar-refractivity contribution in [3.63, 3.8) is 0 Å². The average Bonchev–Trinajstić information content (AvgIpc) is 3.14. The van der Waals surface area contributed by atoms with E-state index in [0.29, 0.717) is 12.1 Å². The van der Waals surface area contributed by atoms with Crippen LogP contribution in [0.15, 0.2) is 54.6 Å². The number of hydrogen-bond acceptors (Lipinski definition) is 3. The highest BCUT2D eigenvalue weighted by Crippen LogP contribution is 2.27. The van der Waals surface area contributed by atoms with Gasteiger partial charge in [-0.2, -0.15) is 0 Å². The Morgan fingerprint density at radius 2 is 1.88 bits per heavy atom. The lowest BCUT2D eigenvalue weighted by molar-refractivity contribution is 0.0672. The number of rotatable bonds is 5. The van der Waals surface area contributed by atoms with Crippen LogP contribution in [0.5, 0.6) is 0 Å². The van der Waals surface area contributed by atoms with Crippen molar-refractivity contribution in [2.45, 2.75) is 31.5 Å². The molecular weight excluding hydrogens is 324 g/mol. The molecule has 1 fully saturated rings. The molecule has 0 spiro atoms. The molecule has 4 nitrogen and oxygen atoms in total.